The molecule has 18 heavy (non-hydrogen) atoms. The van der Waals surface area contributed by atoms with Gasteiger partial charge >= 0.3 is 0 Å². The molecule has 0 saturated carbocycles. The van der Waals surface area contributed by atoms with Crippen LogP contribution in [0.2, 0.25) is 0 Å². The number of nitrogens with zero attached hydrogens (tertiary/aromatic N) is 3. The molecule has 0 fully saturated rings. The first-order chi connectivity index (χ1) is 8.72. The van der Waals surface area contributed by atoms with Crippen molar-refractivity contribution in [2.75, 3.05) is 11.9 Å². The second-order valence-corrected chi connectivity index (χ2v) is 3.74. The standard InChI is InChI=1S/C14H11N3O/c1-17(13-7-2-3-8-16-13)14(18)12-6-4-5-11(9-12)10-15/h2-9H,1H3. The highest BCUT2D eigenvalue weighted by Gasteiger charge is 2.14. The van der Waals surface area contributed by atoms with E-state index in [-0.39, 0.29) is 5.91 Å². The highest BCUT2D eigenvalue weighted by molar-refractivity contribution is 6.05. The predicted octanol–water partition coefficient (Wildman–Crippen LogP) is 2.23. The van der Waals surface area contributed by atoms with Crippen molar-refractivity contribution in [3.05, 3.63) is 59.8 Å². The molecular weight excluding hydrogens is 226 g/mol. The van der Waals surface area contributed by atoms with E-state index in [1.807, 2.05) is 12.1 Å². The number of carbonyl (C=O) groups is 1. The molecule has 0 aliphatic carbocycles. The number of amides is 1. The molecule has 1 heterocycles. The number of nitriles is 1. The van der Waals surface area contributed by atoms with Crippen LogP contribution >= 0.6 is 0 Å². The van der Waals surface area contributed by atoms with Crippen LogP contribution in [0.1, 0.15) is 15.9 Å². The van der Waals surface area contributed by atoms with E-state index in [2.05, 4.69) is 4.98 Å². The minimum atomic E-state index is -0.189. The average molecular weight is 237 g/mol. The lowest BCUT2D eigenvalue weighted by Gasteiger charge is -2.15. The first kappa shape index (κ1) is 11.8. The fourth-order valence-corrected chi connectivity index (χ4v) is 1.57. The van der Waals surface area contributed by atoms with Crippen molar-refractivity contribution in [1.29, 1.82) is 5.26 Å². The molecule has 0 N–H and O–H groups in total. The van der Waals surface area contributed by atoms with Crippen LogP contribution in [-0.2, 0) is 0 Å². The fourth-order valence-electron chi connectivity index (χ4n) is 1.57. The Labute approximate surface area is 105 Å². The van der Waals surface area contributed by atoms with Crippen molar-refractivity contribution in [1.82, 2.24) is 4.98 Å². The van der Waals surface area contributed by atoms with Crippen LogP contribution in [0, 0.1) is 11.3 Å². The Kier molecular flexibility index (Phi) is 3.35. The third-order valence-corrected chi connectivity index (χ3v) is 2.54. The summed E-state index contributed by atoms with van der Waals surface area (Å²) in [7, 11) is 1.66. The zero-order valence-corrected chi connectivity index (χ0v) is 9.87. The van der Waals surface area contributed by atoms with Crippen LogP contribution in [0.4, 0.5) is 5.82 Å². The van der Waals surface area contributed by atoms with Gasteiger partial charge in [0.1, 0.15) is 5.82 Å². The van der Waals surface area contributed by atoms with E-state index in [0.717, 1.165) is 0 Å². The predicted molar refractivity (Wildman–Crippen MR) is 68.1 cm³/mol. The van der Waals surface area contributed by atoms with Crippen LogP contribution in [0.25, 0.3) is 0 Å². The summed E-state index contributed by atoms with van der Waals surface area (Å²) >= 11 is 0. The van der Waals surface area contributed by atoms with Gasteiger partial charge in [-0.2, -0.15) is 5.26 Å². The van der Waals surface area contributed by atoms with Gasteiger partial charge in [0.25, 0.3) is 5.91 Å². The summed E-state index contributed by atoms with van der Waals surface area (Å²) in [6.45, 7) is 0. The second-order valence-electron chi connectivity index (χ2n) is 3.74. The Morgan fingerprint density at radius 3 is 2.78 bits per heavy atom. The number of aromatic nitrogens is 1. The molecule has 0 bridgehead atoms. The number of rotatable bonds is 2. The average Bonchev–Trinajstić information content (AvgIpc) is 2.46. The van der Waals surface area contributed by atoms with E-state index in [0.29, 0.717) is 16.9 Å². The number of anilines is 1. The Morgan fingerprint density at radius 1 is 1.28 bits per heavy atom. The molecule has 0 aliphatic rings. The molecule has 0 saturated heterocycles. The molecule has 1 amide bonds. The van der Waals surface area contributed by atoms with E-state index in [1.54, 1.807) is 49.6 Å². The van der Waals surface area contributed by atoms with Crippen molar-refractivity contribution in [2.45, 2.75) is 0 Å². The van der Waals surface area contributed by atoms with Gasteiger partial charge in [-0.3, -0.25) is 9.69 Å². The lowest BCUT2D eigenvalue weighted by atomic mass is 10.1. The number of carbonyl (C=O) groups excluding carboxylic acids is 1. The van der Waals surface area contributed by atoms with Crippen LogP contribution in [0.15, 0.2) is 48.7 Å². The van der Waals surface area contributed by atoms with Gasteiger partial charge in [0.2, 0.25) is 0 Å². The monoisotopic (exact) mass is 237 g/mol. The normalized spacial score (nSPS) is 9.56. The fraction of sp³-hybridized carbons (Fsp3) is 0.0714. The zero-order chi connectivity index (χ0) is 13.0. The van der Waals surface area contributed by atoms with Crippen LogP contribution in [0.5, 0.6) is 0 Å². The van der Waals surface area contributed by atoms with Gasteiger partial charge in [0.05, 0.1) is 11.6 Å². The Balaban J connectivity index is 2.29. The van der Waals surface area contributed by atoms with E-state index >= 15 is 0 Å². The van der Waals surface area contributed by atoms with Crippen molar-refractivity contribution in [3.8, 4) is 6.07 Å². The highest BCUT2D eigenvalue weighted by Crippen LogP contribution is 2.12. The maximum Gasteiger partial charge on any atom is 0.259 e. The van der Waals surface area contributed by atoms with Crippen molar-refractivity contribution < 1.29 is 4.79 Å². The number of hydrogen-bond donors (Lipinski definition) is 0. The summed E-state index contributed by atoms with van der Waals surface area (Å²) in [4.78, 5) is 17.8. The quantitative estimate of drug-likeness (QED) is 0.804. The number of pyridine rings is 1. The Bertz CT molecular complexity index is 602. The van der Waals surface area contributed by atoms with Gasteiger partial charge in [0.15, 0.2) is 0 Å². The molecule has 4 nitrogen and oxygen atoms in total. The summed E-state index contributed by atoms with van der Waals surface area (Å²) in [6.07, 6.45) is 1.63. The van der Waals surface area contributed by atoms with Crippen LogP contribution < -0.4 is 4.90 Å². The topological polar surface area (TPSA) is 57.0 Å². The third kappa shape index (κ3) is 2.36. The SMILES string of the molecule is CN(C(=O)c1cccc(C#N)c1)c1ccccn1. The Hall–Kier alpha value is -2.67. The summed E-state index contributed by atoms with van der Waals surface area (Å²) < 4.78 is 0. The van der Waals surface area contributed by atoms with Gasteiger partial charge < -0.3 is 0 Å². The van der Waals surface area contributed by atoms with Gasteiger partial charge in [-0.15, -0.1) is 0 Å². The van der Waals surface area contributed by atoms with E-state index < -0.39 is 0 Å². The second kappa shape index (κ2) is 5.11. The lowest BCUT2D eigenvalue weighted by Crippen LogP contribution is -2.26. The summed E-state index contributed by atoms with van der Waals surface area (Å²) in [5, 5.41) is 8.81. The molecule has 2 aromatic rings. The zero-order valence-electron chi connectivity index (χ0n) is 9.87. The molecule has 0 aliphatic heterocycles. The largest absolute Gasteiger partial charge is 0.296 e. The summed E-state index contributed by atoms with van der Waals surface area (Å²) in [5.74, 6) is 0.385. The van der Waals surface area contributed by atoms with E-state index in [4.69, 9.17) is 5.26 Å². The molecule has 0 spiro atoms. The molecule has 0 atom stereocenters. The molecule has 4 heteroatoms. The molecular formula is C14H11N3O. The minimum Gasteiger partial charge on any atom is -0.296 e. The molecule has 1 aromatic heterocycles. The summed E-state index contributed by atoms with van der Waals surface area (Å²) in [5.41, 5.74) is 0.942. The van der Waals surface area contributed by atoms with Crippen molar-refractivity contribution in [2.24, 2.45) is 0 Å². The summed E-state index contributed by atoms with van der Waals surface area (Å²) in [6, 6.07) is 14.0. The van der Waals surface area contributed by atoms with Gasteiger partial charge in [-0.1, -0.05) is 12.1 Å². The molecule has 0 unspecified atom stereocenters. The number of hydrogen-bond acceptors (Lipinski definition) is 3. The van der Waals surface area contributed by atoms with Crippen LogP contribution in [-0.4, -0.2) is 17.9 Å². The Morgan fingerprint density at radius 2 is 2.11 bits per heavy atom. The first-order valence-electron chi connectivity index (χ1n) is 5.41. The molecule has 0 radical (unpaired) electrons. The first-order valence-corrected chi connectivity index (χ1v) is 5.41. The smallest absolute Gasteiger partial charge is 0.259 e. The molecule has 1 aromatic carbocycles. The lowest BCUT2D eigenvalue weighted by molar-refractivity contribution is 0.0992. The molecule has 88 valence electrons. The van der Waals surface area contributed by atoms with Crippen molar-refractivity contribution >= 4 is 11.7 Å². The van der Waals surface area contributed by atoms with Gasteiger partial charge in [-0.25, -0.2) is 4.98 Å². The van der Waals surface area contributed by atoms with Gasteiger partial charge in [-0.05, 0) is 30.3 Å². The van der Waals surface area contributed by atoms with E-state index in [1.165, 1.54) is 4.90 Å². The van der Waals surface area contributed by atoms with Crippen LogP contribution in [0.3, 0.4) is 0 Å². The molecule has 2 rings (SSSR count). The minimum absolute atomic E-state index is 0.189. The maximum absolute atomic E-state index is 12.2. The maximum atomic E-state index is 12.2. The van der Waals surface area contributed by atoms with Crippen molar-refractivity contribution in [3.63, 3.8) is 0 Å². The highest BCUT2D eigenvalue weighted by atomic mass is 16.2. The third-order valence-electron chi connectivity index (χ3n) is 2.54. The van der Waals surface area contributed by atoms with Gasteiger partial charge in [0, 0.05) is 18.8 Å². The van der Waals surface area contributed by atoms with E-state index in [9.17, 15) is 4.79 Å². The number of benzene rings is 1.